The van der Waals surface area contributed by atoms with E-state index >= 15 is 0 Å². The van der Waals surface area contributed by atoms with E-state index in [9.17, 15) is 4.79 Å². The van der Waals surface area contributed by atoms with Crippen LogP contribution in [-0.4, -0.2) is 41.9 Å². The van der Waals surface area contributed by atoms with Crippen LogP contribution in [0, 0.1) is 12.8 Å². The van der Waals surface area contributed by atoms with Crippen LogP contribution in [0.5, 0.6) is 0 Å². The summed E-state index contributed by atoms with van der Waals surface area (Å²) in [6, 6.07) is 0. The predicted molar refractivity (Wildman–Crippen MR) is 78.9 cm³/mol. The van der Waals surface area contributed by atoms with Gasteiger partial charge in [0, 0.05) is 31.2 Å². The van der Waals surface area contributed by atoms with Crippen LogP contribution in [0.2, 0.25) is 0 Å². The fraction of sp³-hybridized carbons (Fsp3) is 0.733. The molecule has 0 bridgehead atoms. The Morgan fingerprint density at radius 1 is 1.43 bits per heavy atom. The van der Waals surface area contributed by atoms with Crippen LogP contribution in [0.3, 0.4) is 0 Å². The first kappa shape index (κ1) is 16.0. The van der Waals surface area contributed by atoms with E-state index in [1.165, 1.54) is 0 Å². The maximum atomic E-state index is 12.3. The molecule has 1 amide bonds. The number of nitrogens with zero attached hydrogens (tertiary/aromatic N) is 1. The van der Waals surface area contributed by atoms with Crippen molar-refractivity contribution in [1.29, 1.82) is 0 Å². The monoisotopic (exact) mass is 295 g/mol. The number of aromatic amines is 1. The molecule has 1 atom stereocenters. The van der Waals surface area contributed by atoms with E-state index in [0.29, 0.717) is 19.8 Å². The second kappa shape index (κ2) is 7.56. The van der Waals surface area contributed by atoms with E-state index in [0.717, 1.165) is 36.5 Å². The van der Waals surface area contributed by atoms with Gasteiger partial charge in [-0.05, 0) is 33.6 Å². The summed E-state index contributed by atoms with van der Waals surface area (Å²) in [5.41, 5.74) is 2.21. The number of ether oxygens (including phenoxy) is 2. The number of hydrogen-bond acceptors (Lipinski definition) is 4. The molecule has 1 unspecified atom stereocenters. The van der Waals surface area contributed by atoms with Crippen molar-refractivity contribution in [2.45, 2.75) is 46.3 Å². The van der Waals surface area contributed by atoms with Gasteiger partial charge in [-0.3, -0.25) is 4.79 Å². The second-order valence-corrected chi connectivity index (χ2v) is 5.27. The van der Waals surface area contributed by atoms with Gasteiger partial charge in [-0.2, -0.15) is 0 Å². The van der Waals surface area contributed by atoms with Gasteiger partial charge >= 0.3 is 0 Å². The number of fused-ring (bicyclic) bond motifs is 1. The lowest BCUT2D eigenvalue weighted by Crippen LogP contribution is -2.40. The summed E-state index contributed by atoms with van der Waals surface area (Å²) in [7, 11) is 0. The Morgan fingerprint density at radius 3 is 2.81 bits per heavy atom. The quantitative estimate of drug-likeness (QED) is 0.744. The SMILES string of the molecule is CCOC(CNC(=O)C1CCc2nc(C)[nH]c2C1)OCC. The van der Waals surface area contributed by atoms with Gasteiger partial charge < -0.3 is 19.8 Å². The van der Waals surface area contributed by atoms with Gasteiger partial charge in [0.1, 0.15) is 5.82 Å². The zero-order valence-electron chi connectivity index (χ0n) is 13.1. The number of amides is 1. The summed E-state index contributed by atoms with van der Waals surface area (Å²) in [4.78, 5) is 20.0. The molecule has 6 nitrogen and oxygen atoms in total. The Hall–Kier alpha value is -1.40. The molecule has 1 aromatic rings. The summed E-state index contributed by atoms with van der Waals surface area (Å²) in [6.45, 7) is 7.31. The van der Waals surface area contributed by atoms with Gasteiger partial charge in [-0.25, -0.2) is 4.98 Å². The minimum absolute atomic E-state index is 0.00116. The maximum Gasteiger partial charge on any atom is 0.223 e. The predicted octanol–water partition coefficient (Wildman–Crippen LogP) is 1.34. The summed E-state index contributed by atoms with van der Waals surface area (Å²) in [5.74, 6) is 0.993. The number of rotatable bonds is 7. The fourth-order valence-electron chi connectivity index (χ4n) is 2.71. The lowest BCUT2D eigenvalue weighted by Gasteiger charge is -2.22. The number of hydrogen-bond donors (Lipinski definition) is 2. The first-order valence-corrected chi connectivity index (χ1v) is 7.69. The van der Waals surface area contributed by atoms with Crippen molar-refractivity contribution in [2.24, 2.45) is 5.92 Å². The molecule has 0 saturated carbocycles. The Kier molecular flexibility index (Phi) is 5.76. The topological polar surface area (TPSA) is 76.2 Å². The van der Waals surface area contributed by atoms with E-state index in [4.69, 9.17) is 9.47 Å². The Labute approximate surface area is 125 Å². The molecule has 1 aliphatic rings. The van der Waals surface area contributed by atoms with Crippen molar-refractivity contribution < 1.29 is 14.3 Å². The summed E-state index contributed by atoms with van der Waals surface area (Å²) >= 11 is 0. The summed E-state index contributed by atoms with van der Waals surface area (Å²) in [5, 5.41) is 2.94. The third-order valence-electron chi connectivity index (χ3n) is 3.68. The normalized spacial score (nSPS) is 17.8. The van der Waals surface area contributed by atoms with Crippen LogP contribution in [0.25, 0.3) is 0 Å². The lowest BCUT2D eigenvalue weighted by molar-refractivity contribution is -0.142. The van der Waals surface area contributed by atoms with Gasteiger partial charge in [0.15, 0.2) is 6.29 Å². The summed E-state index contributed by atoms with van der Waals surface area (Å²) < 4.78 is 10.9. The molecular formula is C15H25N3O3. The zero-order valence-corrected chi connectivity index (χ0v) is 13.1. The van der Waals surface area contributed by atoms with Crippen molar-refractivity contribution in [2.75, 3.05) is 19.8 Å². The number of carbonyl (C=O) groups excluding carboxylic acids is 1. The van der Waals surface area contributed by atoms with E-state index in [1.54, 1.807) is 0 Å². The van der Waals surface area contributed by atoms with Gasteiger partial charge in [0.2, 0.25) is 5.91 Å². The minimum atomic E-state index is -0.363. The average Bonchev–Trinajstić information content (AvgIpc) is 2.84. The van der Waals surface area contributed by atoms with Crippen molar-refractivity contribution in [3.05, 3.63) is 17.2 Å². The molecule has 0 fully saturated rings. The van der Waals surface area contributed by atoms with Crippen LogP contribution in [0.15, 0.2) is 0 Å². The molecular weight excluding hydrogens is 270 g/mol. The van der Waals surface area contributed by atoms with Gasteiger partial charge in [-0.1, -0.05) is 0 Å². The third kappa shape index (κ3) is 4.28. The standard InChI is InChI=1S/C15H25N3O3/c1-4-20-14(21-5-2)9-16-15(19)11-6-7-12-13(8-11)18-10(3)17-12/h11,14H,4-9H2,1-3H3,(H,16,19)(H,17,18). The van der Waals surface area contributed by atoms with Crippen LogP contribution in [-0.2, 0) is 27.1 Å². The number of aromatic nitrogens is 2. The average molecular weight is 295 g/mol. The highest BCUT2D eigenvalue weighted by atomic mass is 16.7. The molecule has 0 aliphatic heterocycles. The van der Waals surface area contributed by atoms with Gasteiger partial charge in [0.05, 0.1) is 12.2 Å². The zero-order chi connectivity index (χ0) is 15.2. The molecule has 1 heterocycles. The van der Waals surface area contributed by atoms with Crippen molar-refractivity contribution in [1.82, 2.24) is 15.3 Å². The van der Waals surface area contributed by atoms with Crippen molar-refractivity contribution >= 4 is 5.91 Å². The highest BCUT2D eigenvalue weighted by molar-refractivity contribution is 5.79. The van der Waals surface area contributed by atoms with E-state index in [-0.39, 0.29) is 18.1 Å². The molecule has 0 aromatic carbocycles. The van der Waals surface area contributed by atoms with Crippen LogP contribution in [0.4, 0.5) is 0 Å². The lowest BCUT2D eigenvalue weighted by atomic mass is 9.89. The van der Waals surface area contributed by atoms with Crippen LogP contribution in [0.1, 0.15) is 37.5 Å². The molecule has 21 heavy (non-hydrogen) atoms. The Bertz CT molecular complexity index is 467. The molecule has 118 valence electrons. The molecule has 0 spiro atoms. The van der Waals surface area contributed by atoms with Crippen molar-refractivity contribution in [3.63, 3.8) is 0 Å². The van der Waals surface area contributed by atoms with Crippen LogP contribution >= 0.6 is 0 Å². The Balaban J connectivity index is 1.84. The van der Waals surface area contributed by atoms with E-state index in [1.807, 2.05) is 20.8 Å². The molecule has 1 aliphatic carbocycles. The van der Waals surface area contributed by atoms with Gasteiger partial charge in [-0.15, -0.1) is 0 Å². The highest BCUT2D eigenvalue weighted by Crippen LogP contribution is 2.23. The van der Waals surface area contributed by atoms with Gasteiger partial charge in [0.25, 0.3) is 0 Å². The molecule has 2 N–H and O–H groups in total. The number of H-pyrrole nitrogens is 1. The smallest absolute Gasteiger partial charge is 0.223 e. The first-order valence-electron chi connectivity index (χ1n) is 7.69. The highest BCUT2D eigenvalue weighted by Gasteiger charge is 2.27. The largest absolute Gasteiger partial charge is 0.351 e. The third-order valence-corrected chi connectivity index (χ3v) is 3.68. The summed E-state index contributed by atoms with van der Waals surface area (Å²) in [6.07, 6.45) is 2.07. The van der Waals surface area contributed by atoms with Crippen molar-refractivity contribution in [3.8, 4) is 0 Å². The second-order valence-electron chi connectivity index (χ2n) is 5.27. The van der Waals surface area contributed by atoms with E-state index in [2.05, 4.69) is 15.3 Å². The molecule has 0 saturated heterocycles. The number of carbonyl (C=O) groups is 1. The molecule has 6 heteroatoms. The first-order chi connectivity index (χ1) is 10.1. The maximum absolute atomic E-state index is 12.3. The number of aryl methyl sites for hydroxylation is 2. The number of imidazole rings is 1. The minimum Gasteiger partial charge on any atom is -0.351 e. The fourth-order valence-corrected chi connectivity index (χ4v) is 2.71. The Morgan fingerprint density at radius 2 is 2.14 bits per heavy atom. The molecule has 0 radical (unpaired) electrons. The number of nitrogens with one attached hydrogen (secondary N) is 2. The van der Waals surface area contributed by atoms with Crippen LogP contribution < -0.4 is 5.32 Å². The molecule has 1 aromatic heterocycles. The molecule has 2 rings (SSSR count). The van der Waals surface area contributed by atoms with E-state index < -0.39 is 0 Å².